The molecule has 0 saturated heterocycles. The van der Waals surface area contributed by atoms with Gasteiger partial charge < -0.3 is 4.74 Å². The molecule has 0 aliphatic carbocycles. The van der Waals surface area contributed by atoms with Crippen molar-refractivity contribution in [2.24, 2.45) is 0 Å². The Bertz CT molecular complexity index is 680. The van der Waals surface area contributed by atoms with Crippen LogP contribution in [0.2, 0.25) is 0 Å². The minimum absolute atomic E-state index is 0.368. The van der Waals surface area contributed by atoms with Crippen LogP contribution < -0.4 is 4.74 Å². The van der Waals surface area contributed by atoms with E-state index in [1.807, 2.05) is 30.5 Å². The Kier molecular flexibility index (Phi) is 2.61. The van der Waals surface area contributed by atoms with E-state index >= 15 is 0 Å². The number of aromatic nitrogens is 3. The number of ether oxygens (including phenoxy) is 1. The number of para-hydroxylation sites is 1. The molecule has 1 aromatic carbocycles. The Morgan fingerprint density at radius 1 is 0.889 bits per heavy atom. The van der Waals surface area contributed by atoms with Gasteiger partial charge in [-0.15, -0.1) is 0 Å². The largest absolute Gasteiger partial charge is 0.467 e. The first kappa shape index (κ1) is 10.7. The summed E-state index contributed by atoms with van der Waals surface area (Å²) < 4.78 is 4.94. The van der Waals surface area contributed by atoms with Gasteiger partial charge in [-0.3, -0.25) is 4.98 Å². The SMILES string of the molecule is COc1ncc(-c2cnc3ccccc3c2)cn1. The first-order chi connectivity index (χ1) is 8.86. The van der Waals surface area contributed by atoms with E-state index in [9.17, 15) is 0 Å². The van der Waals surface area contributed by atoms with Crippen LogP contribution in [0.5, 0.6) is 6.01 Å². The Labute approximate surface area is 104 Å². The molecule has 3 rings (SSSR count). The van der Waals surface area contributed by atoms with E-state index in [-0.39, 0.29) is 0 Å². The van der Waals surface area contributed by atoms with Crippen LogP contribution >= 0.6 is 0 Å². The van der Waals surface area contributed by atoms with Crippen LogP contribution in [0, 0.1) is 0 Å². The molecule has 0 atom stereocenters. The van der Waals surface area contributed by atoms with Crippen LogP contribution in [0.15, 0.2) is 48.9 Å². The van der Waals surface area contributed by atoms with Gasteiger partial charge in [-0.05, 0) is 12.1 Å². The van der Waals surface area contributed by atoms with E-state index in [1.54, 1.807) is 19.5 Å². The van der Waals surface area contributed by atoms with Gasteiger partial charge in [-0.2, -0.15) is 0 Å². The maximum absolute atomic E-state index is 4.94. The standard InChI is InChI=1S/C14H11N3O/c1-18-14-16-8-12(9-17-14)11-6-10-4-2-3-5-13(10)15-7-11/h2-9H,1H3. The number of hydrogen-bond acceptors (Lipinski definition) is 4. The number of rotatable bonds is 2. The normalized spacial score (nSPS) is 10.5. The maximum atomic E-state index is 4.94. The monoisotopic (exact) mass is 237 g/mol. The Balaban J connectivity index is 2.07. The zero-order valence-electron chi connectivity index (χ0n) is 9.87. The lowest BCUT2D eigenvalue weighted by atomic mass is 10.1. The molecule has 0 aliphatic heterocycles. The Morgan fingerprint density at radius 3 is 2.39 bits per heavy atom. The zero-order chi connectivity index (χ0) is 12.4. The molecule has 0 fully saturated rings. The van der Waals surface area contributed by atoms with Gasteiger partial charge in [-0.25, -0.2) is 9.97 Å². The van der Waals surface area contributed by atoms with Crippen molar-refractivity contribution < 1.29 is 4.74 Å². The summed E-state index contributed by atoms with van der Waals surface area (Å²) in [7, 11) is 1.55. The third kappa shape index (κ3) is 1.88. The first-order valence-corrected chi connectivity index (χ1v) is 5.58. The van der Waals surface area contributed by atoms with Crippen LogP contribution in [0.1, 0.15) is 0 Å². The van der Waals surface area contributed by atoms with Crippen molar-refractivity contribution in [2.45, 2.75) is 0 Å². The summed E-state index contributed by atoms with van der Waals surface area (Å²) >= 11 is 0. The quantitative estimate of drug-likeness (QED) is 0.687. The van der Waals surface area contributed by atoms with Gasteiger partial charge in [0.1, 0.15) is 0 Å². The molecule has 0 unspecified atom stereocenters. The second-order valence-electron chi connectivity index (χ2n) is 3.88. The summed E-state index contributed by atoms with van der Waals surface area (Å²) in [4.78, 5) is 12.6. The van der Waals surface area contributed by atoms with Gasteiger partial charge in [0.2, 0.25) is 0 Å². The molecular weight excluding hydrogens is 226 g/mol. The van der Waals surface area contributed by atoms with Gasteiger partial charge in [0, 0.05) is 35.1 Å². The first-order valence-electron chi connectivity index (χ1n) is 5.58. The summed E-state index contributed by atoms with van der Waals surface area (Å²) in [5, 5.41) is 1.10. The van der Waals surface area contributed by atoms with Gasteiger partial charge in [0.25, 0.3) is 0 Å². The number of benzene rings is 1. The average Bonchev–Trinajstić information content (AvgIpc) is 2.47. The molecule has 0 saturated carbocycles. The Morgan fingerprint density at radius 2 is 1.61 bits per heavy atom. The highest BCUT2D eigenvalue weighted by atomic mass is 16.5. The minimum Gasteiger partial charge on any atom is -0.467 e. The van der Waals surface area contributed by atoms with Crippen molar-refractivity contribution in [3.8, 4) is 17.1 Å². The van der Waals surface area contributed by atoms with Crippen LogP contribution in [0.25, 0.3) is 22.0 Å². The fourth-order valence-electron chi connectivity index (χ4n) is 1.80. The number of nitrogens with zero attached hydrogens (tertiary/aromatic N) is 3. The smallest absolute Gasteiger partial charge is 0.316 e. The van der Waals surface area contributed by atoms with Crippen molar-refractivity contribution in [3.63, 3.8) is 0 Å². The summed E-state index contributed by atoms with van der Waals surface area (Å²) in [6.07, 6.45) is 5.29. The third-order valence-electron chi connectivity index (χ3n) is 2.73. The molecule has 0 spiro atoms. The molecule has 4 heteroatoms. The second-order valence-corrected chi connectivity index (χ2v) is 3.88. The van der Waals surface area contributed by atoms with Crippen LogP contribution in [-0.4, -0.2) is 22.1 Å². The van der Waals surface area contributed by atoms with Crippen molar-refractivity contribution in [3.05, 3.63) is 48.9 Å². The van der Waals surface area contributed by atoms with Crippen LogP contribution in [-0.2, 0) is 0 Å². The highest BCUT2D eigenvalue weighted by molar-refractivity contribution is 5.83. The van der Waals surface area contributed by atoms with Gasteiger partial charge in [0.15, 0.2) is 0 Å². The molecule has 4 nitrogen and oxygen atoms in total. The molecule has 2 aromatic heterocycles. The molecule has 0 radical (unpaired) electrons. The van der Waals surface area contributed by atoms with Crippen molar-refractivity contribution in [2.75, 3.05) is 7.11 Å². The lowest BCUT2D eigenvalue weighted by molar-refractivity contribution is 0.380. The molecule has 0 amide bonds. The predicted molar refractivity (Wildman–Crippen MR) is 69.3 cm³/mol. The topological polar surface area (TPSA) is 47.9 Å². The number of methoxy groups -OCH3 is 1. The Hall–Kier alpha value is -2.49. The molecular formula is C14H11N3O. The molecule has 0 bridgehead atoms. The fraction of sp³-hybridized carbons (Fsp3) is 0.0714. The second kappa shape index (κ2) is 4.41. The molecule has 0 N–H and O–H groups in total. The van der Waals surface area contributed by atoms with Gasteiger partial charge in [0.05, 0.1) is 12.6 Å². The lowest BCUT2D eigenvalue weighted by Gasteiger charge is -2.03. The third-order valence-corrected chi connectivity index (χ3v) is 2.73. The van der Waals surface area contributed by atoms with E-state index in [1.165, 1.54) is 0 Å². The zero-order valence-corrected chi connectivity index (χ0v) is 9.87. The van der Waals surface area contributed by atoms with Gasteiger partial charge >= 0.3 is 6.01 Å². The van der Waals surface area contributed by atoms with Crippen LogP contribution in [0.4, 0.5) is 0 Å². The van der Waals surface area contributed by atoms with E-state index in [0.717, 1.165) is 22.0 Å². The average molecular weight is 237 g/mol. The molecule has 2 heterocycles. The van der Waals surface area contributed by atoms with Crippen molar-refractivity contribution in [1.82, 2.24) is 15.0 Å². The van der Waals surface area contributed by atoms with Gasteiger partial charge in [-0.1, -0.05) is 18.2 Å². The van der Waals surface area contributed by atoms with E-state index in [2.05, 4.69) is 21.0 Å². The van der Waals surface area contributed by atoms with E-state index in [0.29, 0.717) is 6.01 Å². The molecule has 0 aliphatic rings. The van der Waals surface area contributed by atoms with E-state index in [4.69, 9.17) is 4.74 Å². The summed E-state index contributed by atoms with van der Waals surface area (Å²) in [5.74, 6) is 0. The van der Waals surface area contributed by atoms with Crippen molar-refractivity contribution >= 4 is 10.9 Å². The highest BCUT2D eigenvalue weighted by Crippen LogP contribution is 2.21. The molecule has 18 heavy (non-hydrogen) atoms. The summed E-state index contributed by atoms with van der Waals surface area (Å²) in [5.41, 5.74) is 2.90. The lowest BCUT2D eigenvalue weighted by Crippen LogP contribution is -1.91. The predicted octanol–water partition coefficient (Wildman–Crippen LogP) is 2.70. The minimum atomic E-state index is 0.368. The van der Waals surface area contributed by atoms with Crippen LogP contribution in [0.3, 0.4) is 0 Å². The molecule has 3 aromatic rings. The molecule has 88 valence electrons. The van der Waals surface area contributed by atoms with Crippen molar-refractivity contribution in [1.29, 1.82) is 0 Å². The highest BCUT2D eigenvalue weighted by Gasteiger charge is 2.02. The number of fused-ring (bicyclic) bond motifs is 1. The summed E-state index contributed by atoms with van der Waals surface area (Å²) in [6.45, 7) is 0. The van der Waals surface area contributed by atoms with E-state index < -0.39 is 0 Å². The number of hydrogen-bond donors (Lipinski definition) is 0. The summed E-state index contributed by atoms with van der Waals surface area (Å²) in [6, 6.07) is 10.4. The fourth-order valence-corrected chi connectivity index (χ4v) is 1.80. The number of pyridine rings is 1. The maximum Gasteiger partial charge on any atom is 0.316 e.